The van der Waals surface area contributed by atoms with E-state index in [2.05, 4.69) is 31.2 Å². The Morgan fingerprint density at radius 1 is 0.811 bits per heavy atom. The van der Waals surface area contributed by atoms with Crippen LogP contribution < -0.4 is 4.74 Å². The molecule has 1 aromatic rings. The molecule has 0 N–H and O–H groups in total. The minimum Gasteiger partial charge on any atom is -0.485 e. The lowest BCUT2D eigenvalue weighted by Crippen LogP contribution is -2.14. The molecule has 1 aliphatic carbocycles. The summed E-state index contributed by atoms with van der Waals surface area (Å²) >= 11 is 0. The lowest BCUT2D eigenvalue weighted by atomic mass is 10.0. The van der Waals surface area contributed by atoms with Gasteiger partial charge >= 0.3 is 17.9 Å². The minimum atomic E-state index is -0.769. The molecule has 0 amide bonds. The van der Waals surface area contributed by atoms with Gasteiger partial charge < -0.3 is 23.7 Å². The first kappa shape index (κ1) is 28.7. The number of benzene rings is 1. The van der Waals surface area contributed by atoms with Gasteiger partial charge in [-0.3, -0.25) is 0 Å². The van der Waals surface area contributed by atoms with Crippen molar-refractivity contribution in [3.8, 4) is 5.75 Å². The molecule has 0 heterocycles. The van der Waals surface area contributed by atoms with Crippen molar-refractivity contribution in [3.63, 3.8) is 0 Å². The Bertz CT molecular complexity index is 1270. The first-order chi connectivity index (χ1) is 17.5. The van der Waals surface area contributed by atoms with Gasteiger partial charge in [-0.05, 0) is 50.3 Å². The van der Waals surface area contributed by atoms with E-state index in [1.807, 2.05) is 0 Å². The monoisotopic (exact) mass is 510 g/mol. The summed E-state index contributed by atoms with van der Waals surface area (Å²) in [5, 5.41) is 0. The molecule has 0 radical (unpaired) electrons. The molecule has 0 atom stereocenters. The normalized spacial score (nSPS) is 11.8. The van der Waals surface area contributed by atoms with Crippen LogP contribution in [0.1, 0.15) is 26.3 Å². The fraction of sp³-hybridized carbons (Fsp3) is 0.250. The Kier molecular flexibility index (Phi) is 10.5. The van der Waals surface area contributed by atoms with E-state index in [4.69, 9.17) is 23.7 Å². The van der Waals surface area contributed by atoms with Gasteiger partial charge in [0, 0.05) is 28.4 Å². The maximum atomic E-state index is 14.6. The first-order valence-corrected chi connectivity index (χ1v) is 11.1. The predicted octanol–water partition coefficient (Wildman–Crippen LogP) is 4.50. The third kappa shape index (κ3) is 8.85. The van der Waals surface area contributed by atoms with Crippen LogP contribution in [0.3, 0.4) is 0 Å². The number of allylic oxidation sites excluding steroid dienone is 2. The number of carbonyl (C=O) groups is 3. The van der Waals surface area contributed by atoms with Crippen molar-refractivity contribution in [3.05, 3.63) is 95.1 Å². The molecule has 9 heteroatoms. The third-order valence-corrected chi connectivity index (χ3v) is 4.44. The fourth-order valence-corrected chi connectivity index (χ4v) is 2.54. The van der Waals surface area contributed by atoms with Crippen molar-refractivity contribution < 1.29 is 42.5 Å². The summed E-state index contributed by atoms with van der Waals surface area (Å²) in [5.74, 6) is -2.53. The van der Waals surface area contributed by atoms with E-state index in [0.717, 1.165) is 6.07 Å². The van der Waals surface area contributed by atoms with Gasteiger partial charge in [0.1, 0.15) is 26.4 Å². The molecule has 0 bridgehead atoms. The Hall–Kier alpha value is -4.58. The van der Waals surface area contributed by atoms with Crippen LogP contribution >= 0.6 is 0 Å². The Labute approximate surface area is 214 Å². The lowest BCUT2D eigenvalue weighted by molar-refractivity contribution is -0.141. The highest BCUT2D eigenvalue weighted by Gasteiger charge is 2.17. The Morgan fingerprint density at radius 3 is 1.92 bits per heavy atom. The average molecular weight is 511 g/mol. The second kappa shape index (κ2) is 13.5. The molecular weight excluding hydrogens is 483 g/mol. The Morgan fingerprint density at radius 2 is 1.38 bits per heavy atom. The van der Waals surface area contributed by atoms with Gasteiger partial charge in [0.2, 0.25) is 5.76 Å². The highest BCUT2D eigenvalue weighted by atomic mass is 19.1. The van der Waals surface area contributed by atoms with Gasteiger partial charge in [-0.1, -0.05) is 25.5 Å². The van der Waals surface area contributed by atoms with Crippen LogP contribution in [0.15, 0.2) is 83.7 Å². The first-order valence-electron chi connectivity index (χ1n) is 11.1. The van der Waals surface area contributed by atoms with E-state index in [1.54, 1.807) is 0 Å². The smallest absolute Gasteiger partial charge is 0.338 e. The number of carbonyl (C=O) groups excluding carboxylic acids is 3. The maximum Gasteiger partial charge on any atom is 0.338 e. The summed E-state index contributed by atoms with van der Waals surface area (Å²) < 4.78 is 40.8. The summed E-state index contributed by atoms with van der Waals surface area (Å²) in [6, 6.07) is 3.99. The van der Waals surface area contributed by atoms with Crippen LogP contribution in [0, 0.1) is 5.82 Å². The molecule has 0 saturated heterocycles. The number of rotatable bonds is 13. The average Bonchev–Trinajstić information content (AvgIpc) is 2.85. The van der Waals surface area contributed by atoms with Crippen molar-refractivity contribution in [1.29, 1.82) is 0 Å². The second-order valence-corrected chi connectivity index (χ2v) is 7.85. The summed E-state index contributed by atoms with van der Waals surface area (Å²) in [6.45, 7) is 14.8. The molecule has 2 rings (SSSR count). The highest BCUT2D eigenvalue weighted by Crippen LogP contribution is 2.27. The van der Waals surface area contributed by atoms with Gasteiger partial charge in [0.25, 0.3) is 0 Å². The van der Waals surface area contributed by atoms with E-state index in [0.29, 0.717) is 11.1 Å². The van der Waals surface area contributed by atoms with Gasteiger partial charge in [-0.25, -0.2) is 18.8 Å². The summed E-state index contributed by atoms with van der Waals surface area (Å²) in [4.78, 5) is 34.8. The molecule has 0 fully saturated rings. The standard InChI is InChI=1S/C28H27FO8/c1-17(2)26(30)35-13-11-33-24-10-8-21(16-25(24)34-12-14-36-27(31)18(3)4)20-7-9-23(22(29)15-20)37-28(32)19(5)6/h7,9,15-16H,1,3,5,11-14H2,2,4,6H3. The zero-order valence-corrected chi connectivity index (χ0v) is 20.9. The quantitative estimate of drug-likeness (QED) is 0.126. The van der Waals surface area contributed by atoms with E-state index in [1.165, 1.54) is 39.0 Å². The molecule has 0 aromatic heterocycles. The van der Waals surface area contributed by atoms with Gasteiger partial charge in [0.15, 0.2) is 17.3 Å². The summed E-state index contributed by atoms with van der Waals surface area (Å²) in [5.41, 5.74) is 7.07. The summed E-state index contributed by atoms with van der Waals surface area (Å²) in [7, 11) is 0. The number of halogens is 1. The van der Waals surface area contributed by atoms with Crippen LogP contribution in [0.4, 0.5) is 4.39 Å². The van der Waals surface area contributed by atoms with Crippen molar-refractivity contribution in [2.24, 2.45) is 0 Å². The van der Waals surface area contributed by atoms with Crippen molar-refractivity contribution in [1.82, 2.24) is 0 Å². The van der Waals surface area contributed by atoms with Gasteiger partial charge in [0.05, 0.1) is 0 Å². The molecule has 1 aromatic carbocycles. The lowest BCUT2D eigenvalue weighted by Gasteiger charge is -2.16. The van der Waals surface area contributed by atoms with Gasteiger partial charge in [-0.2, -0.15) is 0 Å². The van der Waals surface area contributed by atoms with Crippen molar-refractivity contribution in [2.45, 2.75) is 20.8 Å². The zero-order chi connectivity index (χ0) is 27.5. The highest BCUT2D eigenvalue weighted by molar-refractivity contribution is 5.89. The SMILES string of the molecule is C=C(C)C(=O)OCCOC1=C=C=C(c2ccc(OC(=O)C(=C)C)c(F)c2)C=C1OCCOC(=O)C(=C)C. The molecule has 1 aliphatic rings. The van der Waals surface area contributed by atoms with Crippen molar-refractivity contribution >= 4 is 23.5 Å². The number of hydrogen-bond acceptors (Lipinski definition) is 8. The maximum absolute atomic E-state index is 14.6. The van der Waals surface area contributed by atoms with Crippen molar-refractivity contribution in [2.75, 3.05) is 26.4 Å². The van der Waals surface area contributed by atoms with E-state index >= 15 is 0 Å². The largest absolute Gasteiger partial charge is 0.485 e. The molecular formula is C28H27FO8. The Balaban J connectivity index is 2.21. The second-order valence-electron chi connectivity index (χ2n) is 7.85. The molecule has 37 heavy (non-hydrogen) atoms. The fourth-order valence-electron chi connectivity index (χ4n) is 2.54. The van der Waals surface area contributed by atoms with E-state index < -0.39 is 23.7 Å². The van der Waals surface area contributed by atoms with Crippen LogP contribution in [-0.2, 0) is 33.3 Å². The molecule has 0 aliphatic heterocycles. The molecule has 0 saturated carbocycles. The van der Waals surface area contributed by atoms with Gasteiger partial charge in [-0.15, -0.1) is 0 Å². The number of esters is 3. The van der Waals surface area contributed by atoms with Crippen LogP contribution in [0.25, 0.3) is 5.57 Å². The van der Waals surface area contributed by atoms with Crippen LogP contribution in [0.5, 0.6) is 5.75 Å². The van der Waals surface area contributed by atoms with Crippen LogP contribution in [0.2, 0.25) is 0 Å². The van der Waals surface area contributed by atoms with E-state index in [-0.39, 0.29) is 60.4 Å². The molecule has 0 spiro atoms. The molecule has 0 unspecified atom stereocenters. The van der Waals surface area contributed by atoms with Crippen LogP contribution in [-0.4, -0.2) is 44.3 Å². The molecule has 194 valence electrons. The molecule has 8 nitrogen and oxygen atoms in total. The number of ether oxygens (including phenoxy) is 5. The predicted molar refractivity (Wildman–Crippen MR) is 132 cm³/mol. The minimum absolute atomic E-state index is 0.0128. The van der Waals surface area contributed by atoms with E-state index in [9.17, 15) is 18.8 Å². The third-order valence-electron chi connectivity index (χ3n) is 4.44. The number of hydrogen-bond donors (Lipinski definition) is 0. The zero-order valence-electron chi connectivity index (χ0n) is 20.9. The topological polar surface area (TPSA) is 97.4 Å². The summed E-state index contributed by atoms with van der Waals surface area (Å²) in [6.07, 6.45) is 1.53.